The van der Waals surface area contributed by atoms with Gasteiger partial charge < -0.3 is 15.5 Å². The van der Waals surface area contributed by atoms with E-state index in [1.165, 1.54) is 12.1 Å². The Balaban J connectivity index is 1.63. The van der Waals surface area contributed by atoms with Gasteiger partial charge in [0.15, 0.2) is 32.9 Å². The molecule has 12 heteroatoms. The van der Waals surface area contributed by atoms with Crippen molar-refractivity contribution in [3.63, 3.8) is 0 Å². The molecule has 0 saturated heterocycles. The Morgan fingerprint density at radius 1 is 1.03 bits per heavy atom. The predicted octanol–water partition coefficient (Wildman–Crippen LogP) is 3.79. The number of carboxylic acids is 1. The second-order valence-corrected chi connectivity index (χ2v) is 11.2. The number of amides is 1. The lowest BCUT2D eigenvalue weighted by Gasteiger charge is -2.38. The maximum Gasteiger partial charge on any atom is 0.335 e. The minimum Gasteiger partial charge on any atom is -0.479 e. The summed E-state index contributed by atoms with van der Waals surface area (Å²) in [4.78, 5) is 23.7. The highest BCUT2D eigenvalue weighted by atomic mass is 35.5. The smallest absolute Gasteiger partial charge is 0.335 e. The molecule has 2 saturated carbocycles. The predicted molar refractivity (Wildman–Crippen MR) is 115 cm³/mol. The van der Waals surface area contributed by atoms with E-state index in [1.807, 2.05) is 0 Å². The molecule has 2 aliphatic rings. The van der Waals surface area contributed by atoms with Gasteiger partial charge in [0.1, 0.15) is 0 Å². The molecule has 182 valence electrons. The molecular formula is C22H19ClF3NO6S. The van der Waals surface area contributed by atoms with E-state index in [0.29, 0.717) is 25.0 Å². The summed E-state index contributed by atoms with van der Waals surface area (Å²) in [6.07, 6.45) is 0.401. The van der Waals surface area contributed by atoms with Crippen LogP contribution in [0, 0.1) is 29.3 Å². The molecule has 2 unspecified atom stereocenters. The molecule has 0 radical (unpaired) electrons. The monoisotopic (exact) mass is 517 g/mol. The van der Waals surface area contributed by atoms with Crippen molar-refractivity contribution in [2.45, 2.75) is 41.4 Å². The van der Waals surface area contributed by atoms with Crippen LogP contribution in [0.15, 0.2) is 35.2 Å². The SMILES string of the molecule is O=C(Nc1cc(F)c(F)c(F)c1)c1ccc(Cl)c(S(=O)(=O)[C@H]2C3CCC2C[C@](O)(C(=O)O)C3)c1. The summed E-state index contributed by atoms with van der Waals surface area (Å²) < 4.78 is 67.1. The molecule has 2 bridgehead atoms. The third-order valence-electron chi connectivity index (χ3n) is 6.54. The first kappa shape index (κ1) is 24.5. The Kier molecular flexibility index (Phi) is 6.16. The number of anilines is 1. The van der Waals surface area contributed by atoms with Gasteiger partial charge in [0, 0.05) is 23.4 Å². The third kappa shape index (κ3) is 4.16. The number of rotatable bonds is 5. The molecule has 2 fully saturated rings. The Bertz CT molecular complexity index is 1260. The van der Waals surface area contributed by atoms with Crippen LogP contribution in [0.2, 0.25) is 5.02 Å². The number of benzene rings is 2. The highest BCUT2D eigenvalue weighted by Crippen LogP contribution is 2.51. The summed E-state index contributed by atoms with van der Waals surface area (Å²) in [5.74, 6) is -8.24. The second-order valence-electron chi connectivity index (χ2n) is 8.71. The topological polar surface area (TPSA) is 121 Å². The maximum absolute atomic E-state index is 13.5. The summed E-state index contributed by atoms with van der Waals surface area (Å²) >= 11 is 6.15. The fourth-order valence-electron chi connectivity index (χ4n) is 5.05. The van der Waals surface area contributed by atoms with Crippen molar-refractivity contribution >= 4 is 39.0 Å². The van der Waals surface area contributed by atoms with Crippen molar-refractivity contribution in [1.82, 2.24) is 0 Å². The summed E-state index contributed by atoms with van der Waals surface area (Å²) in [6, 6.07) is 4.58. The van der Waals surface area contributed by atoms with E-state index < -0.39 is 61.9 Å². The van der Waals surface area contributed by atoms with E-state index in [4.69, 9.17) is 11.6 Å². The van der Waals surface area contributed by atoms with Crippen molar-refractivity contribution in [2.24, 2.45) is 11.8 Å². The largest absolute Gasteiger partial charge is 0.479 e. The van der Waals surface area contributed by atoms with Crippen molar-refractivity contribution in [3.8, 4) is 0 Å². The van der Waals surface area contributed by atoms with Crippen LogP contribution in [0.1, 0.15) is 36.0 Å². The average molecular weight is 518 g/mol. The first-order valence-corrected chi connectivity index (χ1v) is 12.2. The highest BCUT2D eigenvalue weighted by molar-refractivity contribution is 7.92. The molecule has 2 aromatic carbocycles. The van der Waals surface area contributed by atoms with Crippen LogP contribution >= 0.6 is 11.6 Å². The summed E-state index contributed by atoms with van der Waals surface area (Å²) in [6.45, 7) is 0. The number of aliphatic carboxylic acids is 1. The van der Waals surface area contributed by atoms with Crippen molar-refractivity contribution in [1.29, 1.82) is 0 Å². The molecule has 1 amide bonds. The van der Waals surface area contributed by atoms with Gasteiger partial charge in [-0.1, -0.05) is 11.6 Å². The molecular weight excluding hydrogens is 499 g/mol. The Morgan fingerprint density at radius 3 is 2.12 bits per heavy atom. The van der Waals surface area contributed by atoms with E-state index >= 15 is 0 Å². The van der Waals surface area contributed by atoms with Gasteiger partial charge in [0.05, 0.1) is 15.2 Å². The van der Waals surface area contributed by atoms with Gasteiger partial charge >= 0.3 is 5.97 Å². The van der Waals surface area contributed by atoms with E-state index in [0.717, 1.165) is 6.07 Å². The van der Waals surface area contributed by atoms with Crippen molar-refractivity contribution < 1.29 is 41.4 Å². The first-order valence-electron chi connectivity index (χ1n) is 10.3. The van der Waals surface area contributed by atoms with Gasteiger partial charge in [-0.3, -0.25) is 4.79 Å². The number of halogens is 4. The lowest BCUT2D eigenvalue weighted by molar-refractivity contribution is -0.164. The molecule has 0 heterocycles. The molecule has 4 rings (SSSR count). The highest BCUT2D eigenvalue weighted by Gasteiger charge is 2.57. The number of carbonyl (C=O) groups is 2. The Hall–Kier alpha value is -2.63. The molecule has 34 heavy (non-hydrogen) atoms. The molecule has 2 atom stereocenters. The van der Waals surface area contributed by atoms with Crippen LogP contribution in [0.25, 0.3) is 0 Å². The molecule has 2 aliphatic carbocycles. The van der Waals surface area contributed by atoms with Gasteiger partial charge in [-0.05, 0) is 55.7 Å². The lowest BCUT2D eigenvalue weighted by atomic mass is 9.77. The second kappa shape index (κ2) is 8.54. The summed E-state index contributed by atoms with van der Waals surface area (Å²) in [5, 5.41) is 20.8. The Morgan fingerprint density at radius 2 is 1.59 bits per heavy atom. The molecule has 0 spiro atoms. The number of carboxylic acid groups (broad SMARTS) is 1. The van der Waals surface area contributed by atoms with Gasteiger partial charge in [0.2, 0.25) is 0 Å². The van der Waals surface area contributed by atoms with Crippen LogP contribution in [-0.2, 0) is 14.6 Å². The van der Waals surface area contributed by atoms with E-state index in [2.05, 4.69) is 5.32 Å². The number of fused-ring (bicyclic) bond motifs is 2. The minimum atomic E-state index is -4.14. The number of aliphatic hydroxyl groups is 1. The van der Waals surface area contributed by atoms with Crippen LogP contribution in [0.3, 0.4) is 0 Å². The summed E-state index contributed by atoms with van der Waals surface area (Å²) in [7, 11) is -4.14. The lowest BCUT2D eigenvalue weighted by Crippen LogP contribution is -2.50. The standard InChI is InChI=1S/C22H19ClF3NO6S/c23-14-4-3-10(20(28)27-13-6-15(24)18(26)16(25)7-13)5-17(14)34(32,33)19-11-1-2-12(19)9-22(31,8-11)21(29)30/h3-7,11-12,19,31H,1-2,8-9H2,(H,27,28)(H,29,30)/t11?,12?,19-,22-. The van der Waals surface area contributed by atoms with Crippen molar-refractivity contribution in [2.75, 3.05) is 5.32 Å². The van der Waals surface area contributed by atoms with E-state index in [-0.39, 0.29) is 34.0 Å². The van der Waals surface area contributed by atoms with Gasteiger partial charge in [-0.15, -0.1) is 0 Å². The zero-order valence-electron chi connectivity index (χ0n) is 17.4. The maximum atomic E-state index is 13.5. The molecule has 2 aromatic rings. The third-order valence-corrected chi connectivity index (χ3v) is 9.41. The molecule has 7 nitrogen and oxygen atoms in total. The van der Waals surface area contributed by atoms with Crippen LogP contribution in [0.4, 0.5) is 18.9 Å². The van der Waals surface area contributed by atoms with Crippen LogP contribution < -0.4 is 5.32 Å². The van der Waals surface area contributed by atoms with Crippen LogP contribution in [0.5, 0.6) is 0 Å². The molecule has 3 N–H and O–H groups in total. The van der Waals surface area contributed by atoms with E-state index in [1.54, 1.807) is 0 Å². The van der Waals surface area contributed by atoms with Crippen molar-refractivity contribution in [3.05, 3.63) is 58.4 Å². The number of hydrogen-bond acceptors (Lipinski definition) is 5. The first-order chi connectivity index (χ1) is 15.8. The number of nitrogens with one attached hydrogen (secondary N) is 1. The zero-order chi connectivity index (χ0) is 25.0. The normalized spacial score (nSPS) is 26.3. The number of hydrogen-bond donors (Lipinski definition) is 3. The summed E-state index contributed by atoms with van der Waals surface area (Å²) in [5.41, 5.74) is -2.55. The quantitative estimate of drug-likeness (QED) is 0.519. The van der Waals surface area contributed by atoms with Gasteiger partial charge in [-0.2, -0.15) is 0 Å². The fraction of sp³-hybridized carbons (Fsp3) is 0.364. The zero-order valence-corrected chi connectivity index (χ0v) is 19.0. The van der Waals surface area contributed by atoms with Gasteiger partial charge in [0.25, 0.3) is 5.91 Å². The average Bonchev–Trinajstić information content (AvgIpc) is 3.05. The van der Waals surface area contributed by atoms with Crippen LogP contribution in [-0.4, -0.2) is 41.4 Å². The molecule has 0 aliphatic heterocycles. The Labute approximate surface area is 197 Å². The molecule has 0 aromatic heterocycles. The number of sulfone groups is 1. The van der Waals surface area contributed by atoms with Gasteiger partial charge in [-0.25, -0.2) is 26.4 Å². The minimum absolute atomic E-state index is 0.158. The van der Waals surface area contributed by atoms with E-state index in [9.17, 15) is 41.4 Å². The number of carbonyl (C=O) groups excluding carboxylic acids is 1. The fourth-order valence-corrected chi connectivity index (χ4v) is 7.89.